The zero-order valence-electron chi connectivity index (χ0n) is 53.3. The van der Waals surface area contributed by atoms with Crippen LogP contribution in [0.3, 0.4) is 0 Å². The normalized spacial score (nSPS) is 11.8. The van der Waals surface area contributed by atoms with E-state index in [1.54, 1.807) is 17.4 Å². The number of halogens is 8. The van der Waals surface area contributed by atoms with E-state index in [1.165, 1.54) is 176 Å². The fourth-order valence-electron chi connectivity index (χ4n) is 14.7. The van der Waals surface area contributed by atoms with Crippen LogP contribution >= 0.6 is 99.0 Å². The average Bonchev–Trinajstić information content (AvgIpc) is 1.54. The first kappa shape index (κ1) is 63.3. The summed E-state index contributed by atoms with van der Waals surface area (Å²) in [5, 5.41) is 31.7. The molecule has 0 atom stereocenters. The van der Waals surface area contributed by atoms with E-state index in [0.717, 1.165) is 26.0 Å². The molecule has 0 aliphatic heterocycles. The number of rotatable bonds is 3. The minimum Gasteiger partial charge on any atom is -0.508 e. The van der Waals surface area contributed by atoms with Gasteiger partial charge in [-0.2, -0.15) is 0 Å². The molecule has 0 saturated carbocycles. The van der Waals surface area contributed by atoms with Crippen molar-refractivity contribution in [2.24, 2.45) is 0 Å². The van der Waals surface area contributed by atoms with Crippen molar-refractivity contribution in [1.29, 1.82) is 0 Å². The Morgan fingerprint density at radius 1 is 0.337 bits per heavy atom. The van der Waals surface area contributed by atoms with Gasteiger partial charge >= 0.3 is 11.4 Å². The van der Waals surface area contributed by atoms with Crippen molar-refractivity contribution >= 4 is 253 Å². The Balaban J connectivity index is 0.000000109. The summed E-state index contributed by atoms with van der Waals surface area (Å²) in [5.74, 6) is 0.289. The predicted octanol–water partition coefficient (Wildman–Crippen LogP) is 28.3. The molecule has 0 saturated heterocycles. The first-order valence-electron chi connectivity index (χ1n) is 31.9. The molecule has 9 heterocycles. The maximum Gasteiger partial charge on any atom is 0.643 e. The van der Waals surface area contributed by atoms with Gasteiger partial charge < -0.3 is 5.11 Å². The van der Waals surface area contributed by atoms with Gasteiger partial charge in [0.2, 0.25) is 0 Å². The molecule has 0 spiro atoms. The second-order valence-electron chi connectivity index (χ2n) is 24.1. The predicted molar refractivity (Wildman–Crippen MR) is 429 cm³/mol. The SMILES string of the molecule is CF.Cc1ccc2c(c1)c1cc(-c3ccccc3)cc3c4c5ccc(Cl)cc5sc4n2c13.Cc1ccc2c(c1)c1cc(-c3ccccc3)cc3c4c5ccc(Cl)cc5sc4n2c13.Oc1ccc2c(c1)c1cc(-c3ccccc3)cc3c4c5ccc(Cl)cc5sc4n2c13.[2H]CF.[Cl][Al]([Cl])[Cl]. The van der Waals surface area contributed by atoms with Gasteiger partial charge in [-0.3, -0.25) is 22.0 Å². The second-order valence-corrected chi connectivity index (χ2v) is 35.0. The lowest BCUT2D eigenvalue weighted by Gasteiger charge is -2.04. The van der Waals surface area contributed by atoms with E-state index in [-0.39, 0.29) is 5.75 Å². The van der Waals surface area contributed by atoms with E-state index < -0.39 is 18.5 Å². The van der Waals surface area contributed by atoms with Crippen LogP contribution in [0.4, 0.5) is 8.78 Å². The number of phenolic OH excluding ortho intramolecular Hbond substituents is 1. The molecule has 16 heteroatoms. The van der Waals surface area contributed by atoms with Crippen molar-refractivity contribution in [2.75, 3.05) is 14.3 Å². The number of aromatic hydroxyl groups is 1. The molecule has 478 valence electrons. The van der Waals surface area contributed by atoms with Gasteiger partial charge in [-0.1, -0.05) is 167 Å². The lowest BCUT2D eigenvalue weighted by atomic mass is 9.99. The van der Waals surface area contributed by atoms with E-state index in [1.807, 2.05) is 59.1 Å². The molecule has 1 N–H and O–H groups in total. The molecular formula is C82H52AlCl6F2N3OS3. The molecule has 12 aromatic carbocycles. The summed E-state index contributed by atoms with van der Waals surface area (Å²) >= 11 is 22.6. The molecule has 0 bridgehead atoms. The third-order valence-corrected chi connectivity index (χ3v) is 22.6. The smallest absolute Gasteiger partial charge is 0.508 e. The van der Waals surface area contributed by atoms with Crippen LogP contribution in [0.25, 0.3) is 176 Å². The van der Waals surface area contributed by atoms with Crippen molar-refractivity contribution in [3.63, 3.8) is 0 Å². The third kappa shape index (κ3) is 10.6. The molecule has 0 amide bonds. The highest BCUT2D eigenvalue weighted by Crippen LogP contribution is 2.52. The Bertz CT molecular complexity index is 6010. The summed E-state index contributed by atoms with van der Waals surface area (Å²) in [6.07, 6.45) is 0. The fourth-order valence-corrected chi connectivity index (χ4v) is 19.2. The Labute approximate surface area is 605 Å². The van der Waals surface area contributed by atoms with E-state index >= 15 is 0 Å². The van der Waals surface area contributed by atoms with E-state index in [2.05, 4.69) is 221 Å². The number of phenols is 1. The summed E-state index contributed by atoms with van der Waals surface area (Å²) in [6, 6.07) is 83.8. The van der Waals surface area contributed by atoms with Crippen LogP contribution in [0.2, 0.25) is 15.1 Å². The molecule has 0 aliphatic carbocycles. The number of nitrogens with zero attached hydrogens (tertiary/aromatic N) is 3. The van der Waals surface area contributed by atoms with Gasteiger partial charge in [-0.05, 0) is 162 Å². The van der Waals surface area contributed by atoms with E-state index in [0.29, 0.717) is 7.18 Å². The van der Waals surface area contributed by atoms with Crippen LogP contribution in [-0.2, 0) is 0 Å². The average molecular weight is 1470 g/mol. The van der Waals surface area contributed by atoms with Crippen LogP contribution in [0.15, 0.2) is 237 Å². The molecule has 21 rings (SSSR count). The first-order valence-corrected chi connectivity index (χ1v) is 40.0. The third-order valence-electron chi connectivity index (χ3n) is 18.5. The molecule has 21 aromatic rings. The first-order chi connectivity index (χ1) is 48.2. The molecular weight excluding hydrogens is 1420 g/mol. The van der Waals surface area contributed by atoms with Crippen LogP contribution in [-0.4, -0.2) is 44.0 Å². The number of aryl methyl sites for hydroxylation is 2. The van der Waals surface area contributed by atoms with Crippen molar-refractivity contribution < 1.29 is 15.3 Å². The van der Waals surface area contributed by atoms with Crippen LogP contribution in [0.1, 0.15) is 12.5 Å². The molecule has 0 radical (unpaired) electrons. The zero-order chi connectivity index (χ0) is 68.2. The van der Waals surface area contributed by atoms with Crippen LogP contribution in [0, 0.1) is 13.8 Å². The number of hydrogen-bond donors (Lipinski definition) is 1. The minimum atomic E-state index is -1.72. The van der Waals surface area contributed by atoms with Gasteiger partial charge in [-0.25, -0.2) is 30.1 Å². The van der Waals surface area contributed by atoms with Crippen LogP contribution in [0.5, 0.6) is 5.75 Å². The molecule has 0 unspecified atom stereocenters. The van der Waals surface area contributed by atoms with Gasteiger partial charge in [0, 0.05) is 110 Å². The number of thiophene rings is 3. The number of aromatic nitrogens is 3. The highest BCUT2D eigenvalue weighted by molar-refractivity contribution is 7.54. The van der Waals surface area contributed by atoms with E-state index in [4.69, 9.17) is 66.3 Å². The lowest BCUT2D eigenvalue weighted by Crippen LogP contribution is -1.79. The fraction of sp³-hybridized carbons (Fsp3) is 0.0488. The molecule has 0 fully saturated rings. The summed E-state index contributed by atoms with van der Waals surface area (Å²) in [6.45, 7) is 4.34. The number of benzene rings is 12. The largest absolute Gasteiger partial charge is 0.643 e. The van der Waals surface area contributed by atoms with Gasteiger partial charge in [0.05, 0.1) is 48.8 Å². The van der Waals surface area contributed by atoms with E-state index in [9.17, 15) is 13.9 Å². The van der Waals surface area contributed by atoms with Crippen LogP contribution < -0.4 is 0 Å². The maximum absolute atomic E-state index is 10.2. The highest BCUT2D eigenvalue weighted by Gasteiger charge is 2.26. The van der Waals surface area contributed by atoms with Gasteiger partial charge in [0.1, 0.15) is 20.2 Å². The van der Waals surface area contributed by atoms with Crippen molar-refractivity contribution in [3.05, 3.63) is 263 Å². The molecule has 4 nitrogen and oxygen atoms in total. The quantitative estimate of drug-likeness (QED) is 0.176. The van der Waals surface area contributed by atoms with Crippen molar-refractivity contribution in [2.45, 2.75) is 13.8 Å². The number of fused-ring (bicyclic) bond motifs is 24. The summed E-state index contributed by atoms with van der Waals surface area (Å²) in [5.41, 5.74) is 17.5. The monoisotopic (exact) mass is 1470 g/mol. The number of hydrogen-bond acceptors (Lipinski definition) is 4. The topological polar surface area (TPSA) is 33.5 Å². The summed E-state index contributed by atoms with van der Waals surface area (Å²) < 4.78 is 35.9. The minimum absolute atomic E-state index is 0.289. The Kier molecular flexibility index (Phi) is 16.7. The highest BCUT2D eigenvalue weighted by atomic mass is 35.8. The van der Waals surface area contributed by atoms with Crippen molar-refractivity contribution in [1.82, 2.24) is 13.2 Å². The number of alkyl halides is 2. The van der Waals surface area contributed by atoms with Gasteiger partial charge in [-0.15, -0.1) is 34.0 Å². The standard InChI is InChI=1S/2C27H16ClNS.C26H14ClNOS.2CH3F.Al.3ClH/c2*1-15-7-10-23-20(11-15)21-12-17(16-5-3-2-4-6-16)13-22-25-19-9-8-18(28)14-24(19)30-27(25)29(23)26(21)22;27-16-6-8-18-23(12-16)30-26-24(18)21-11-15(14-4-2-1-3-5-14)10-20-19-13-17(29)7-9-22(19)28(26)25(20)21;2*1-2;;;;/h2*2-14H,1H3;1-13,29H;2*1H3;;3*1H/q;;;;;+3;;;/p-3/i;;;1D;;;;;. The maximum atomic E-state index is 10.2. The second kappa shape index (κ2) is 25.9. The lowest BCUT2D eigenvalue weighted by molar-refractivity contribution is 0.476. The zero-order valence-corrected chi connectivity index (χ0v) is 60.5. The molecule has 9 aromatic heterocycles. The summed E-state index contributed by atoms with van der Waals surface area (Å²) in [4.78, 5) is 3.82. The van der Waals surface area contributed by atoms with Gasteiger partial charge in [0.25, 0.3) is 0 Å². The molecule has 0 aliphatic rings. The molecule has 98 heavy (non-hydrogen) atoms. The Morgan fingerprint density at radius 3 is 0.939 bits per heavy atom. The Hall–Kier alpha value is -8.15. The van der Waals surface area contributed by atoms with Crippen molar-refractivity contribution in [3.8, 4) is 39.1 Å². The summed E-state index contributed by atoms with van der Waals surface area (Å²) in [7, 11) is 14.3. The Morgan fingerprint density at radius 2 is 0.622 bits per heavy atom. The van der Waals surface area contributed by atoms with Gasteiger partial charge in [0.15, 0.2) is 0 Å².